The first-order chi connectivity index (χ1) is 13.3. The number of furan rings is 1. The molecule has 0 unspecified atom stereocenters. The number of sulfone groups is 1. The number of benzene rings is 1. The van der Waals surface area contributed by atoms with Crippen molar-refractivity contribution < 1.29 is 17.6 Å². The Bertz CT molecular complexity index is 1290. The number of carbonyl (C=O) groups excluding carboxylic acids is 1. The third-order valence-corrected chi connectivity index (χ3v) is 6.05. The van der Waals surface area contributed by atoms with Gasteiger partial charge < -0.3 is 4.42 Å². The quantitative estimate of drug-likeness (QED) is 0.513. The molecular weight excluding hydrogens is 424 g/mol. The van der Waals surface area contributed by atoms with Crippen LogP contribution in [-0.4, -0.2) is 35.3 Å². The number of fused-ring (bicyclic) bond motifs is 1. The smallest absolute Gasteiger partial charge is 0.293 e. The van der Waals surface area contributed by atoms with Crippen molar-refractivity contribution in [1.29, 1.82) is 0 Å². The molecule has 1 N–H and O–H groups in total. The third kappa shape index (κ3) is 3.93. The van der Waals surface area contributed by atoms with E-state index in [1.165, 1.54) is 29.7 Å². The molecular formula is C17H13ClN4O4S2. The summed E-state index contributed by atoms with van der Waals surface area (Å²) in [5.74, 6) is 0.225. The molecule has 0 aliphatic heterocycles. The van der Waals surface area contributed by atoms with Gasteiger partial charge in [0.2, 0.25) is 0 Å². The van der Waals surface area contributed by atoms with E-state index in [0.29, 0.717) is 32.7 Å². The number of aromatic nitrogens is 3. The van der Waals surface area contributed by atoms with Crippen molar-refractivity contribution in [2.24, 2.45) is 0 Å². The van der Waals surface area contributed by atoms with Gasteiger partial charge in [0.05, 0.1) is 32.9 Å². The van der Waals surface area contributed by atoms with Gasteiger partial charge in [0, 0.05) is 12.5 Å². The fraction of sp³-hybridized carbons (Fsp3) is 0.118. The highest BCUT2D eigenvalue weighted by Gasteiger charge is 2.16. The zero-order chi connectivity index (χ0) is 19.9. The fourth-order valence-corrected chi connectivity index (χ4v) is 4.30. The van der Waals surface area contributed by atoms with Crippen molar-refractivity contribution in [2.75, 3.05) is 11.6 Å². The number of amides is 1. The lowest BCUT2D eigenvalue weighted by atomic mass is 10.3. The lowest BCUT2D eigenvalue weighted by Crippen LogP contribution is -2.10. The molecule has 1 aromatic carbocycles. The van der Waals surface area contributed by atoms with Crippen molar-refractivity contribution in [2.45, 2.75) is 11.4 Å². The SMILES string of the molecule is CS(=O)(=O)c1ccc2nc(NC(=O)c3ccc(Cn4cc(Cl)cn4)o3)sc2c1. The van der Waals surface area contributed by atoms with Crippen molar-refractivity contribution in [3.8, 4) is 0 Å². The number of hydrogen-bond donors (Lipinski definition) is 1. The molecule has 0 aliphatic rings. The van der Waals surface area contributed by atoms with Crippen LogP contribution in [0.4, 0.5) is 5.13 Å². The standard InChI is InChI=1S/C17H13ClN4O4S2/c1-28(24,25)12-3-4-13-15(6-12)27-17(20-13)21-16(23)14-5-2-11(26-14)9-22-8-10(18)7-19-22/h2-8H,9H2,1H3,(H,20,21,23). The van der Waals surface area contributed by atoms with E-state index in [9.17, 15) is 13.2 Å². The first kappa shape index (κ1) is 18.7. The number of carbonyl (C=O) groups is 1. The molecule has 0 aliphatic carbocycles. The Balaban J connectivity index is 1.50. The summed E-state index contributed by atoms with van der Waals surface area (Å²) in [4.78, 5) is 16.9. The molecule has 11 heteroatoms. The number of nitrogens with zero attached hydrogens (tertiary/aromatic N) is 3. The van der Waals surface area contributed by atoms with Crippen LogP contribution in [0, 0.1) is 0 Å². The van der Waals surface area contributed by atoms with E-state index >= 15 is 0 Å². The molecule has 0 atom stereocenters. The summed E-state index contributed by atoms with van der Waals surface area (Å²) in [6.07, 6.45) is 4.31. The van der Waals surface area contributed by atoms with Gasteiger partial charge in [0.25, 0.3) is 5.91 Å². The average molecular weight is 437 g/mol. The maximum absolute atomic E-state index is 12.4. The van der Waals surface area contributed by atoms with E-state index in [1.54, 1.807) is 29.1 Å². The number of thiazole rings is 1. The largest absolute Gasteiger partial charge is 0.454 e. The molecule has 0 saturated heterocycles. The van der Waals surface area contributed by atoms with Gasteiger partial charge in [-0.25, -0.2) is 13.4 Å². The van der Waals surface area contributed by atoms with Crippen LogP contribution < -0.4 is 5.32 Å². The van der Waals surface area contributed by atoms with Crippen LogP contribution in [-0.2, 0) is 16.4 Å². The Kier molecular flexibility index (Phi) is 4.69. The summed E-state index contributed by atoms with van der Waals surface area (Å²) in [5.41, 5.74) is 0.600. The minimum absolute atomic E-state index is 0.129. The summed E-state index contributed by atoms with van der Waals surface area (Å²) in [5, 5.41) is 7.59. The van der Waals surface area contributed by atoms with Crippen LogP contribution in [0.1, 0.15) is 16.3 Å². The molecule has 3 heterocycles. The topological polar surface area (TPSA) is 107 Å². The Labute approximate surface area is 168 Å². The van der Waals surface area contributed by atoms with Crippen molar-refractivity contribution in [3.05, 3.63) is 59.3 Å². The second-order valence-electron chi connectivity index (χ2n) is 6.00. The maximum Gasteiger partial charge on any atom is 0.293 e. The predicted octanol–water partition coefficient (Wildman–Crippen LogP) is 3.44. The van der Waals surface area contributed by atoms with Crippen LogP contribution in [0.25, 0.3) is 10.2 Å². The number of halogens is 1. The Morgan fingerprint density at radius 1 is 1.32 bits per heavy atom. The highest BCUT2D eigenvalue weighted by molar-refractivity contribution is 7.90. The summed E-state index contributed by atoms with van der Waals surface area (Å²) >= 11 is 7.01. The minimum Gasteiger partial charge on any atom is -0.454 e. The Morgan fingerprint density at radius 2 is 2.14 bits per heavy atom. The van der Waals surface area contributed by atoms with E-state index in [0.717, 1.165) is 6.26 Å². The lowest BCUT2D eigenvalue weighted by Gasteiger charge is -1.99. The highest BCUT2D eigenvalue weighted by Crippen LogP contribution is 2.28. The summed E-state index contributed by atoms with van der Waals surface area (Å²) in [7, 11) is -3.31. The monoisotopic (exact) mass is 436 g/mol. The van der Waals surface area contributed by atoms with E-state index in [2.05, 4.69) is 15.4 Å². The third-order valence-electron chi connectivity index (χ3n) is 3.81. The zero-order valence-corrected chi connectivity index (χ0v) is 16.8. The molecule has 0 fully saturated rings. The molecule has 0 saturated carbocycles. The summed E-state index contributed by atoms with van der Waals surface area (Å²) < 4.78 is 31.1. The molecule has 4 rings (SSSR count). The summed E-state index contributed by atoms with van der Waals surface area (Å²) in [6, 6.07) is 7.88. The lowest BCUT2D eigenvalue weighted by molar-refractivity contribution is 0.0994. The first-order valence-corrected chi connectivity index (χ1v) is 11.1. The van der Waals surface area contributed by atoms with E-state index in [-0.39, 0.29) is 10.7 Å². The van der Waals surface area contributed by atoms with Gasteiger partial charge in [-0.1, -0.05) is 22.9 Å². The van der Waals surface area contributed by atoms with Crippen molar-refractivity contribution in [1.82, 2.24) is 14.8 Å². The van der Waals surface area contributed by atoms with Crippen LogP contribution in [0.2, 0.25) is 5.02 Å². The molecule has 0 spiro atoms. The van der Waals surface area contributed by atoms with Crippen molar-refractivity contribution >= 4 is 54.0 Å². The normalized spacial score (nSPS) is 11.8. The fourth-order valence-electron chi connectivity index (χ4n) is 2.52. The number of anilines is 1. The predicted molar refractivity (Wildman–Crippen MR) is 106 cm³/mol. The van der Waals surface area contributed by atoms with Gasteiger partial charge in [0.15, 0.2) is 20.7 Å². The molecule has 0 bridgehead atoms. The van der Waals surface area contributed by atoms with E-state index < -0.39 is 15.7 Å². The zero-order valence-electron chi connectivity index (χ0n) is 14.4. The molecule has 8 nitrogen and oxygen atoms in total. The van der Waals surface area contributed by atoms with Gasteiger partial charge in [0.1, 0.15) is 5.76 Å². The molecule has 144 valence electrons. The second-order valence-corrected chi connectivity index (χ2v) is 9.48. The van der Waals surface area contributed by atoms with Crippen LogP contribution >= 0.6 is 22.9 Å². The minimum atomic E-state index is -3.31. The van der Waals surface area contributed by atoms with Crippen LogP contribution in [0.5, 0.6) is 0 Å². The number of hydrogen-bond acceptors (Lipinski definition) is 7. The van der Waals surface area contributed by atoms with E-state index in [1.807, 2.05) is 0 Å². The number of nitrogens with one attached hydrogen (secondary N) is 1. The van der Waals surface area contributed by atoms with Crippen molar-refractivity contribution in [3.63, 3.8) is 0 Å². The Hall–Kier alpha value is -2.69. The Morgan fingerprint density at radius 3 is 2.86 bits per heavy atom. The van der Waals surface area contributed by atoms with Crippen LogP contribution in [0.3, 0.4) is 0 Å². The first-order valence-electron chi connectivity index (χ1n) is 7.96. The van der Waals surface area contributed by atoms with Gasteiger partial charge in [-0.3, -0.25) is 14.8 Å². The van der Waals surface area contributed by atoms with Gasteiger partial charge >= 0.3 is 0 Å². The maximum atomic E-state index is 12.4. The molecule has 3 aromatic heterocycles. The molecule has 4 aromatic rings. The van der Waals surface area contributed by atoms with E-state index in [4.69, 9.17) is 16.0 Å². The summed E-state index contributed by atoms with van der Waals surface area (Å²) in [6.45, 7) is 0.343. The average Bonchev–Trinajstić information content (AvgIpc) is 3.33. The number of rotatable bonds is 5. The molecule has 0 radical (unpaired) electrons. The van der Waals surface area contributed by atoms with Gasteiger partial charge in [-0.05, 0) is 30.3 Å². The van der Waals surface area contributed by atoms with Gasteiger partial charge in [-0.2, -0.15) is 5.10 Å². The molecule has 28 heavy (non-hydrogen) atoms. The van der Waals surface area contributed by atoms with Gasteiger partial charge in [-0.15, -0.1) is 0 Å². The highest BCUT2D eigenvalue weighted by atomic mass is 35.5. The molecule has 1 amide bonds. The van der Waals surface area contributed by atoms with Crippen LogP contribution in [0.15, 0.2) is 52.0 Å². The second kappa shape index (κ2) is 7.04.